The number of alkyl halides is 3. The first-order valence-electron chi connectivity index (χ1n) is 8.71. The van der Waals surface area contributed by atoms with E-state index in [0.29, 0.717) is 18.6 Å². The van der Waals surface area contributed by atoms with Crippen molar-refractivity contribution in [1.29, 1.82) is 0 Å². The van der Waals surface area contributed by atoms with Crippen LogP contribution < -0.4 is 10.5 Å². The van der Waals surface area contributed by atoms with E-state index in [1.54, 1.807) is 6.92 Å². The van der Waals surface area contributed by atoms with Gasteiger partial charge >= 0.3 is 14.0 Å². The van der Waals surface area contributed by atoms with E-state index < -0.39 is 25.1 Å². The molecular formula is C19H21F3NO5PS. The molecule has 2 aromatic rings. The second-order valence-corrected chi connectivity index (χ2v) is 9.20. The number of benzene rings is 1. The average molecular weight is 463 g/mol. The topological polar surface area (TPSA) is 102 Å². The molecule has 2 rings (SSSR count). The lowest BCUT2D eigenvalue weighted by molar-refractivity contribution is -0.137. The van der Waals surface area contributed by atoms with Gasteiger partial charge in [0, 0.05) is 10.4 Å². The highest BCUT2D eigenvalue weighted by Crippen LogP contribution is 2.37. The first-order valence-corrected chi connectivity index (χ1v) is 11.1. The average Bonchev–Trinajstić information content (AvgIpc) is 3.09. The maximum absolute atomic E-state index is 12.5. The fourth-order valence-corrected chi connectivity index (χ4v) is 3.62. The molecule has 0 radical (unpaired) electrons. The molecule has 1 unspecified atom stereocenters. The molecule has 0 amide bonds. The molecule has 4 N–H and O–H groups in total. The molecule has 0 saturated heterocycles. The maximum Gasteiger partial charge on any atom is 0.469 e. The van der Waals surface area contributed by atoms with Crippen LogP contribution in [-0.4, -0.2) is 28.5 Å². The first-order chi connectivity index (χ1) is 13.8. The van der Waals surface area contributed by atoms with Gasteiger partial charge < -0.3 is 20.3 Å². The molecule has 0 fully saturated rings. The summed E-state index contributed by atoms with van der Waals surface area (Å²) in [6.45, 7) is 1.41. The van der Waals surface area contributed by atoms with Gasteiger partial charge in [0.15, 0.2) is 0 Å². The summed E-state index contributed by atoms with van der Waals surface area (Å²) in [6.07, 6.45) is -3.34. The van der Waals surface area contributed by atoms with E-state index in [1.807, 2.05) is 12.1 Å². The van der Waals surface area contributed by atoms with Crippen molar-refractivity contribution in [3.63, 3.8) is 0 Å². The molecule has 1 atom stereocenters. The Labute approximate surface area is 176 Å². The molecular weight excluding hydrogens is 442 g/mol. The van der Waals surface area contributed by atoms with Crippen LogP contribution in [0.2, 0.25) is 0 Å². The number of thiophene rings is 1. The number of phosphoric acid groups is 1. The monoisotopic (exact) mass is 463 g/mol. The highest BCUT2D eigenvalue weighted by molar-refractivity contribution is 7.46. The molecule has 11 heteroatoms. The zero-order chi connectivity index (χ0) is 22.4. The van der Waals surface area contributed by atoms with Gasteiger partial charge in [-0.25, -0.2) is 4.57 Å². The van der Waals surface area contributed by atoms with Gasteiger partial charge in [-0.1, -0.05) is 11.8 Å². The van der Waals surface area contributed by atoms with Gasteiger partial charge in [0.05, 0.1) is 17.0 Å². The van der Waals surface area contributed by atoms with Crippen LogP contribution in [-0.2, 0) is 21.7 Å². The summed E-state index contributed by atoms with van der Waals surface area (Å²) in [5.41, 5.74) is 4.36. The Morgan fingerprint density at radius 2 is 1.83 bits per heavy atom. The van der Waals surface area contributed by atoms with E-state index >= 15 is 0 Å². The van der Waals surface area contributed by atoms with E-state index in [0.717, 1.165) is 21.9 Å². The van der Waals surface area contributed by atoms with Crippen LogP contribution in [0.4, 0.5) is 13.2 Å². The number of hydrogen-bond donors (Lipinski definition) is 3. The van der Waals surface area contributed by atoms with Gasteiger partial charge in [0.1, 0.15) is 12.4 Å². The minimum absolute atomic E-state index is 0.0270. The second kappa shape index (κ2) is 9.96. The van der Waals surface area contributed by atoms with Crippen molar-refractivity contribution in [2.75, 3.05) is 13.2 Å². The van der Waals surface area contributed by atoms with Crippen LogP contribution in [0.15, 0.2) is 36.4 Å². The van der Waals surface area contributed by atoms with Gasteiger partial charge in [-0.05, 0) is 56.2 Å². The molecule has 164 valence electrons. The Kier molecular flexibility index (Phi) is 8.11. The van der Waals surface area contributed by atoms with Crippen LogP contribution in [0, 0.1) is 11.8 Å². The second-order valence-electron chi connectivity index (χ2n) is 6.80. The van der Waals surface area contributed by atoms with Gasteiger partial charge in [-0.15, -0.1) is 11.3 Å². The SMILES string of the molecule is CC(N)(CCc1ccc(C#CCOc2ccc(C(F)(F)F)cc2)s1)COP(=O)(O)O. The number of halogens is 3. The summed E-state index contributed by atoms with van der Waals surface area (Å²) >= 11 is 1.44. The molecule has 0 saturated carbocycles. The van der Waals surface area contributed by atoms with E-state index in [1.165, 1.54) is 23.5 Å². The Balaban J connectivity index is 1.81. The highest BCUT2D eigenvalue weighted by atomic mass is 32.1. The maximum atomic E-state index is 12.5. The molecule has 0 aliphatic heterocycles. The van der Waals surface area contributed by atoms with Crippen molar-refractivity contribution >= 4 is 19.2 Å². The van der Waals surface area contributed by atoms with Crippen LogP contribution in [0.5, 0.6) is 5.75 Å². The molecule has 30 heavy (non-hydrogen) atoms. The summed E-state index contributed by atoms with van der Waals surface area (Å²) in [5.74, 6) is 6.02. The quantitative estimate of drug-likeness (QED) is 0.405. The minimum atomic E-state index is -4.56. The van der Waals surface area contributed by atoms with Crippen molar-refractivity contribution < 1.29 is 36.8 Å². The molecule has 0 bridgehead atoms. The third kappa shape index (κ3) is 8.88. The van der Waals surface area contributed by atoms with Crippen LogP contribution in [0.1, 0.15) is 28.7 Å². The lowest BCUT2D eigenvalue weighted by atomic mass is 9.98. The molecule has 1 aromatic heterocycles. The number of hydrogen-bond acceptors (Lipinski definition) is 5. The van der Waals surface area contributed by atoms with Crippen molar-refractivity contribution in [1.82, 2.24) is 0 Å². The molecule has 0 spiro atoms. The standard InChI is InChI=1S/C19H21F3NO5PS/c1-18(23,13-28-29(24,25)26)11-10-17-9-8-16(30-17)3-2-12-27-15-6-4-14(5-7-15)19(20,21)22/h4-9H,10-13,23H2,1H3,(H2,24,25,26). The predicted molar refractivity (Wildman–Crippen MR) is 107 cm³/mol. The first kappa shape index (κ1) is 24.4. The van der Waals surface area contributed by atoms with E-state index in [4.69, 9.17) is 20.3 Å². The Hall–Kier alpha value is -1.86. The number of phosphoric ester groups is 1. The van der Waals surface area contributed by atoms with Crippen molar-refractivity contribution in [3.8, 4) is 17.6 Å². The van der Waals surface area contributed by atoms with Gasteiger partial charge in [-0.3, -0.25) is 4.52 Å². The molecule has 6 nitrogen and oxygen atoms in total. The van der Waals surface area contributed by atoms with E-state index in [-0.39, 0.29) is 13.2 Å². The number of aryl methyl sites for hydroxylation is 1. The van der Waals surface area contributed by atoms with Crippen molar-refractivity contribution in [2.45, 2.75) is 31.5 Å². The van der Waals surface area contributed by atoms with Crippen molar-refractivity contribution in [2.24, 2.45) is 5.73 Å². The molecule has 0 aliphatic carbocycles. The largest absolute Gasteiger partial charge is 0.481 e. The molecule has 0 aliphatic rings. The zero-order valence-corrected chi connectivity index (χ0v) is 17.7. The highest BCUT2D eigenvalue weighted by Gasteiger charge is 2.30. The number of ether oxygens (including phenoxy) is 1. The number of rotatable bonds is 8. The Morgan fingerprint density at radius 3 is 2.43 bits per heavy atom. The lowest BCUT2D eigenvalue weighted by Crippen LogP contribution is -2.41. The van der Waals surface area contributed by atoms with Crippen LogP contribution in [0.25, 0.3) is 0 Å². The lowest BCUT2D eigenvalue weighted by Gasteiger charge is -2.24. The van der Waals surface area contributed by atoms with E-state index in [9.17, 15) is 17.7 Å². The smallest absolute Gasteiger partial charge is 0.469 e. The van der Waals surface area contributed by atoms with Gasteiger partial charge in [0.2, 0.25) is 0 Å². The zero-order valence-electron chi connectivity index (χ0n) is 16.0. The Bertz CT molecular complexity index is 942. The summed E-state index contributed by atoms with van der Waals surface area (Å²) in [5, 5.41) is 0. The molecule has 1 heterocycles. The minimum Gasteiger partial charge on any atom is -0.481 e. The third-order valence-corrected chi connectivity index (χ3v) is 5.40. The number of nitrogens with two attached hydrogens (primary N) is 1. The van der Waals surface area contributed by atoms with Crippen LogP contribution in [0.3, 0.4) is 0 Å². The van der Waals surface area contributed by atoms with Crippen LogP contribution >= 0.6 is 19.2 Å². The fourth-order valence-electron chi connectivity index (χ4n) is 2.27. The summed E-state index contributed by atoms with van der Waals surface area (Å²) in [7, 11) is -4.56. The fraction of sp³-hybridized carbons (Fsp3) is 0.368. The summed E-state index contributed by atoms with van der Waals surface area (Å²) < 4.78 is 58.1. The van der Waals surface area contributed by atoms with E-state index in [2.05, 4.69) is 16.4 Å². The van der Waals surface area contributed by atoms with Gasteiger partial charge in [0.25, 0.3) is 0 Å². The Morgan fingerprint density at radius 1 is 1.17 bits per heavy atom. The summed E-state index contributed by atoms with van der Waals surface area (Å²) in [6, 6.07) is 8.09. The third-order valence-electron chi connectivity index (χ3n) is 3.87. The normalized spacial score (nSPS) is 14.0. The van der Waals surface area contributed by atoms with Gasteiger partial charge in [-0.2, -0.15) is 13.2 Å². The van der Waals surface area contributed by atoms with Crippen molar-refractivity contribution in [3.05, 3.63) is 51.7 Å². The predicted octanol–water partition coefficient (Wildman–Crippen LogP) is 3.96. The summed E-state index contributed by atoms with van der Waals surface area (Å²) in [4.78, 5) is 19.3. The molecule has 1 aromatic carbocycles.